The summed E-state index contributed by atoms with van der Waals surface area (Å²) in [5, 5.41) is 0. The number of hydrogen-bond donors (Lipinski definition) is 0. The smallest absolute Gasteiger partial charge is 0.409 e. The number of halogens is 1. The van der Waals surface area contributed by atoms with Crippen LogP contribution in [-0.2, 0) is 24.9 Å². The van der Waals surface area contributed by atoms with E-state index >= 15 is 0 Å². The van der Waals surface area contributed by atoms with Gasteiger partial charge in [-0.25, -0.2) is 14.6 Å². The van der Waals surface area contributed by atoms with Crippen LogP contribution in [0, 0.1) is 11.8 Å². The lowest BCUT2D eigenvalue weighted by Gasteiger charge is -2.34. The summed E-state index contributed by atoms with van der Waals surface area (Å²) < 4.78 is 9.85. The maximum atomic E-state index is 13.1. The van der Waals surface area contributed by atoms with E-state index in [0.29, 0.717) is 55.1 Å². The fourth-order valence-electron chi connectivity index (χ4n) is 3.67. The Hall–Kier alpha value is -2.58. The zero-order chi connectivity index (χ0) is 22.5. The summed E-state index contributed by atoms with van der Waals surface area (Å²) in [5.41, 5.74) is -0.0458. The van der Waals surface area contributed by atoms with Gasteiger partial charge in [-0.1, -0.05) is 5.92 Å². The van der Waals surface area contributed by atoms with Gasteiger partial charge in [0.05, 0.1) is 13.2 Å². The maximum Gasteiger partial charge on any atom is 0.409 e. The third-order valence-electron chi connectivity index (χ3n) is 5.35. The molecule has 0 saturated carbocycles. The molecular formula is C20H27BrN6O4. The van der Waals surface area contributed by atoms with E-state index in [9.17, 15) is 14.4 Å². The second-order valence-electron chi connectivity index (χ2n) is 7.25. The standard InChI is InChI=1S/C20H27BrN6O4/c1-4-6-9-26-15-16(22-18(26)21)23(3)19(29)27(17(15)28)10-7-8-24-11-13-25(14-12-24)20(30)31-5-2/h5,7-14H2,1-3H3. The monoisotopic (exact) mass is 494 g/mol. The summed E-state index contributed by atoms with van der Waals surface area (Å²) >= 11 is 3.36. The molecule has 0 radical (unpaired) electrons. The molecule has 31 heavy (non-hydrogen) atoms. The first-order valence-corrected chi connectivity index (χ1v) is 11.1. The van der Waals surface area contributed by atoms with Crippen LogP contribution in [0.5, 0.6) is 0 Å². The number of imidazole rings is 1. The Morgan fingerprint density at radius 3 is 2.52 bits per heavy atom. The maximum absolute atomic E-state index is 13.1. The Kier molecular flexibility index (Phi) is 7.56. The van der Waals surface area contributed by atoms with Crippen molar-refractivity contribution in [2.24, 2.45) is 7.05 Å². The van der Waals surface area contributed by atoms with Crippen molar-refractivity contribution in [2.75, 3.05) is 39.3 Å². The van der Waals surface area contributed by atoms with Crippen LogP contribution in [0.4, 0.5) is 4.79 Å². The van der Waals surface area contributed by atoms with E-state index in [2.05, 4.69) is 37.7 Å². The molecule has 0 aliphatic carbocycles. The lowest BCUT2D eigenvalue weighted by Crippen LogP contribution is -2.49. The van der Waals surface area contributed by atoms with Crippen molar-refractivity contribution in [3.63, 3.8) is 0 Å². The van der Waals surface area contributed by atoms with Crippen molar-refractivity contribution in [3.05, 3.63) is 25.6 Å². The van der Waals surface area contributed by atoms with Gasteiger partial charge in [0.1, 0.15) is 0 Å². The van der Waals surface area contributed by atoms with Crippen LogP contribution >= 0.6 is 15.9 Å². The van der Waals surface area contributed by atoms with Crippen molar-refractivity contribution >= 4 is 33.2 Å². The molecular weight excluding hydrogens is 468 g/mol. The Morgan fingerprint density at radius 1 is 1.16 bits per heavy atom. The summed E-state index contributed by atoms with van der Waals surface area (Å²) in [6.45, 7) is 7.93. The molecule has 1 saturated heterocycles. The van der Waals surface area contributed by atoms with E-state index in [1.165, 1.54) is 9.13 Å². The number of rotatable bonds is 6. The normalized spacial score (nSPS) is 14.5. The molecule has 1 fully saturated rings. The third kappa shape index (κ3) is 4.85. The molecule has 0 unspecified atom stereocenters. The van der Waals surface area contributed by atoms with Gasteiger partial charge in [-0.2, -0.15) is 0 Å². The molecule has 0 atom stereocenters. The number of aryl methyl sites for hydroxylation is 1. The molecule has 168 valence electrons. The Balaban J connectivity index is 1.71. The lowest BCUT2D eigenvalue weighted by molar-refractivity contribution is 0.0790. The second kappa shape index (κ2) is 10.2. The van der Waals surface area contributed by atoms with E-state index in [4.69, 9.17) is 4.74 Å². The van der Waals surface area contributed by atoms with Crippen LogP contribution in [0.15, 0.2) is 14.3 Å². The highest BCUT2D eigenvalue weighted by Crippen LogP contribution is 2.16. The second-order valence-corrected chi connectivity index (χ2v) is 7.95. The highest BCUT2D eigenvalue weighted by Gasteiger charge is 2.22. The zero-order valence-corrected chi connectivity index (χ0v) is 19.6. The Morgan fingerprint density at radius 2 is 1.87 bits per heavy atom. The fraction of sp³-hybridized carbons (Fsp3) is 0.600. The van der Waals surface area contributed by atoms with Crippen molar-refractivity contribution in [1.82, 2.24) is 28.5 Å². The van der Waals surface area contributed by atoms with Crippen LogP contribution in [0.1, 0.15) is 20.3 Å². The van der Waals surface area contributed by atoms with Gasteiger partial charge in [0, 0.05) is 39.8 Å². The van der Waals surface area contributed by atoms with Crippen molar-refractivity contribution in [1.29, 1.82) is 0 Å². The number of nitrogens with zero attached hydrogens (tertiary/aromatic N) is 6. The first-order valence-electron chi connectivity index (χ1n) is 10.3. The number of aromatic nitrogens is 4. The molecule has 0 bridgehead atoms. The van der Waals surface area contributed by atoms with Gasteiger partial charge in [0.15, 0.2) is 15.9 Å². The fourth-order valence-corrected chi connectivity index (χ4v) is 4.14. The summed E-state index contributed by atoms with van der Waals surface area (Å²) in [6.07, 6.45) is 0.366. The molecule has 0 N–H and O–H groups in total. The molecule has 10 nitrogen and oxygen atoms in total. The number of piperazine rings is 1. The van der Waals surface area contributed by atoms with E-state index in [1.807, 2.05) is 0 Å². The first-order chi connectivity index (χ1) is 14.9. The van der Waals surface area contributed by atoms with Crippen LogP contribution in [0.3, 0.4) is 0 Å². The first kappa shape index (κ1) is 23.1. The van der Waals surface area contributed by atoms with Crippen molar-refractivity contribution in [3.8, 4) is 11.8 Å². The van der Waals surface area contributed by atoms with Crippen molar-refractivity contribution < 1.29 is 9.53 Å². The average Bonchev–Trinajstić information content (AvgIpc) is 3.10. The SMILES string of the molecule is CC#CCn1c(Br)nc2c1c(=O)n(CCCN1CCN(C(=O)OCC)CC1)c(=O)n2C. The predicted molar refractivity (Wildman–Crippen MR) is 120 cm³/mol. The van der Waals surface area contributed by atoms with E-state index in [-0.39, 0.29) is 17.3 Å². The topological polar surface area (TPSA) is 94.6 Å². The number of amides is 1. The molecule has 2 aromatic heterocycles. The van der Waals surface area contributed by atoms with Gasteiger partial charge in [-0.15, -0.1) is 5.92 Å². The van der Waals surface area contributed by atoms with Gasteiger partial charge < -0.3 is 14.2 Å². The van der Waals surface area contributed by atoms with Crippen LogP contribution in [0.2, 0.25) is 0 Å². The molecule has 3 heterocycles. The van der Waals surface area contributed by atoms with Crippen LogP contribution < -0.4 is 11.2 Å². The minimum Gasteiger partial charge on any atom is -0.450 e. The number of hydrogen-bond acceptors (Lipinski definition) is 6. The molecule has 1 aliphatic heterocycles. The minimum atomic E-state index is -0.386. The molecule has 1 aliphatic rings. The van der Waals surface area contributed by atoms with E-state index < -0.39 is 0 Å². The quantitative estimate of drug-likeness (QED) is 0.436. The number of carbonyl (C=O) groups is 1. The third-order valence-corrected chi connectivity index (χ3v) is 5.96. The Bertz CT molecular complexity index is 1130. The van der Waals surface area contributed by atoms with Crippen molar-refractivity contribution in [2.45, 2.75) is 33.4 Å². The van der Waals surface area contributed by atoms with Crippen LogP contribution in [0.25, 0.3) is 11.2 Å². The number of carbonyl (C=O) groups excluding carboxylic acids is 1. The lowest BCUT2D eigenvalue weighted by atomic mass is 10.3. The number of fused-ring (bicyclic) bond motifs is 1. The predicted octanol–water partition coefficient (Wildman–Crippen LogP) is 0.847. The molecule has 2 aromatic rings. The summed E-state index contributed by atoms with van der Waals surface area (Å²) in [5.74, 6) is 5.74. The molecule has 11 heteroatoms. The van der Waals surface area contributed by atoms with Crippen LogP contribution in [-0.4, -0.2) is 73.9 Å². The highest BCUT2D eigenvalue weighted by atomic mass is 79.9. The summed E-state index contributed by atoms with van der Waals surface area (Å²) in [6, 6.07) is 0. The molecule has 1 amide bonds. The van der Waals surface area contributed by atoms with Gasteiger partial charge in [-0.3, -0.25) is 18.8 Å². The Labute approximate surface area is 188 Å². The molecule has 0 aromatic carbocycles. The van der Waals surface area contributed by atoms with Gasteiger partial charge >= 0.3 is 11.8 Å². The van der Waals surface area contributed by atoms with Gasteiger partial charge in [0.25, 0.3) is 5.56 Å². The highest BCUT2D eigenvalue weighted by molar-refractivity contribution is 9.10. The van der Waals surface area contributed by atoms with Gasteiger partial charge in [0.2, 0.25) is 0 Å². The molecule has 3 rings (SSSR count). The zero-order valence-electron chi connectivity index (χ0n) is 18.1. The minimum absolute atomic E-state index is 0.277. The molecule has 0 spiro atoms. The summed E-state index contributed by atoms with van der Waals surface area (Å²) in [4.78, 5) is 45.9. The largest absolute Gasteiger partial charge is 0.450 e. The summed E-state index contributed by atoms with van der Waals surface area (Å²) in [7, 11) is 1.62. The van der Waals surface area contributed by atoms with Gasteiger partial charge in [-0.05, 0) is 42.7 Å². The van der Waals surface area contributed by atoms with E-state index in [0.717, 1.165) is 19.6 Å². The van der Waals surface area contributed by atoms with E-state index in [1.54, 1.807) is 30.4 Å². The number of ether oxygens (including phenoxy) is 1. The average molecular weight is 495 g/mol.